The van der Waals surface area contributed by atoms with Gasteiger partial charge in [0.25, 0.3) is 17.5 Å². The van der Waals surface area contributed by atoms with Gasteiger partial charge in [0.15, 0.2) is 0 Å². The lowest BCUT2D eigenvalue weighted by molar-refractivity contribution is -0.384. The molecule has 110 valence electrons. The molecule has 0 atom stereocenters. The Bertz CT molecular complexity index is 798. The lowest BCUT2D eigenvalue weighted by Gasteiger charge is -2.13. The minimum atomic E-state index is -0.545. The molecule has 1 aliphatic heterocycles. The minimum Gasteiger partial charge on any atom is -0.497 e. The molecule has 0 saturated heterocycles. The minimum absolute atomic E-state index is 0.109. The normalized spacial score (nSPS) is 13.2. The SMILES string of the molecule is COc1ccc2c(c1)C(=O)N(c1ccc([N+](=O)[O-])cc1)C2=O. The molecule has 0 aromatic heterocycles. The summed E-state index contributed by atoms with van der Waals surface area (Å²) < 4.78 is 5.05. The number of nitrogens with zero attached hydrogens (tertiary/aromatic N) is 2. The van der Waals surface area contributed by atoms with E-state index in [0.717, 1.165) is 4.90 Å². The van der Waals surface area contributed by atoms with Gasteiger partial charge in [0, 0.05) is 12.1 Å². The smallest absolute Gasteiger partial charge is 0.269 e. The lowest BCUT2D eigenvalue weighted by Crippen LogP contribution is -2.29. The zero-order valence-corrected chi connectivity index (χ0v) is 11.5. The summed E-state index contributed by atoms with van der Waals surface area (Å²) in [7, 11) is 1.47. The van der Waals surface area contributed by atoms with Gasteiger partial charge in [-0.25, -0.2) is 4.90 Å². The van der Waals surface area contributed by atoms with Gasteiger partial charge in [0.2, 0.25) is 0 Å². The Morgan fingerprint density at radius 2 is 1.64 bits per heavy atom. The first-order chi connectivity index (χ1) is 10.5. The third-order valence-corrected chi connectivity index (χ3v) is 3.41. The van der Waals surface area contributed by atoms with E-state index in [1.54, 1.807) is 6.07 Å². The van der Waals surface area contributed by atoms with Gasteiger partial charge in [-0.3, -0.25) is 19.7 Å². The number of methoxy groups -OCH3 is 1. The maximum Gasteiger partial charge on any atom is 0.269 e. The number of hydrogen-bond acceptors (Lipinski definition) is 5. The molecule has 0 radical (unpaired) electrons. The number of nitro benzene ring substituents is 1. The maximum absolute atomic E-state index is 12.4. The van der Waals surface area contributed by atoms with Gasteiger partial charge >= 0.3 is 0 Å². The second-order valence-corrected chi connectivity index (χ2v) is 4.63. The predicted octanol–water partition coefficient (Wildman–Crippen LogP) is 2.40. The summed E-state index contributed by atoms with van der Waals surface area (Å²) in [6.07, 6.45) is 0. The molecule has 0 spiro atoms. The van der Waals surface area contributed by atoms with Gasteiger partial charge in [0.05, 0.1) is 28.8 Å². The summed E-state index contributed by atoms with van der Waals surface area (Å²) in [6, 6.07) is 9.87. The van der Waals surface area contributed by atoms with Crippen LogP contribution in [-0.2, 0) is 0 Å². The fraction of sp³-hybridized carbons (Fsp3) is 0.0667. The molecule has 0 unspecified atom stereocenters. The summed E-state index contributed by atoms with van der Waals surface area (Å²) >= 11 is 0. The quantitative estimate of drug-likeness (QED) is 0.493. The molecule has 7 heteroatoms. The zero-order chi connectivity index (χ0) is 15.9. The third-order valence-electron chi connectivity index (χ3n) is 3.41. The molecule has 0 N–H and O–H groups in total. The summed E-state index contributed by atoms with van der Waals surface area (Å²) in [6.45, 7) is 0. The fourth-order valence-electron chi connectivity index (χ4n) is 2.30. The van der Waals surface area contributed by atoms with Crippen molar-refractivity contribution in [2.75, 3.05) is 12.0 Å². The second kappa shape index (κ2) is 4.96. The van der Waals surface area contributed by atoms with Crippen molar-refractivity contribution in [1.82, 2.24) is 0 Å². The molecular weight excluding hydrogens is 288 g/mol. The monoisotopic (exact) mass is 298 g/mol. The van der Waals surface area contributed by atoms with Crippen molar-refractivity contribution in [3.8, 4) is 5.75 Å². The number of fused-ring (bicyclic) bond motifs is 1. The van der Waals surface area contributed by atoms with Crippen molar-refractivity contribution in [2.24, 2.45) is 0 Å². The standard InChI is InChI=1S/C15H10N2O5/c1-22-11-6-7-12-13(8-11)15(19)16(14(12)18)9-2-4-10(5-3-9)17(20)21/h2-8H,1H3. The van der Waals surface area contributed by atoms with Crippen molar-refractivity contribution in [1.29, 1.82) is 0 Å². The van der Waals surface area contributed by atoms with E-state index in [1.807, 2.05) is 0 Å². The van der Waals surface area contributed by atoms with E-state index in [2.05, 4.69) is 0 Å². The zero-order valence-electron chi connectivity index (χ0n) is 11.5. The highest BCUT2D eigenvalue weighted by atomic mass is 16.6. The molecule has 0 saturated carbocycles. The van der Waals surface area contributed by atoms with E-state index in [9.17, 15) is 19.7 Å². The van der Waals surface area contributed by atoms with Gasteiger partial charge in [-0.2, -0.15) is 0 Å². The first kappa shape index (κ1) is 13.7. The van der Waals surface area contributed by atoms with Crippen LogP contribution in [0.1, 0.15) is 20.7 Å². The predicted molar refractivity (Wildman–Crippen MR) is 77.2 cm³/mol. The number of hydrogen-bond donors (Lipinski definition) is 0. The van der Waals surface area contributed by atoms with Gasteiger partial charge in [-0.05, 0) is 30.3 Å². The number of nitro groups is 1. The highest BCUT2D eigenvalue weighted by Gasteiger charge is 2.37. The Labute approximate surface area is 124 Å². The number of imide groups is 1. The van der Waals surface area contributed by atoms with E-state index in [1.165, 1.54) is 43.5 Å². The van der Waals surface area contributed by atoms with E-state index < -0.39 is 16.7 Å². The Kier molecular flexibility index (Phi) is 3.10. The number of benzene rings is 2. The molecule has 0 aliphatic carbocycles. The van der Waals surface area contributed by atoms with Crippen LogP contribution in [0.5, 0.6) is 5.75 Å². The number of carbonyl (C=O) groups excluding carboxylic acids is 2. The molecule has 3 rings (SSSR count). The summed E-state index contributed by atoms with van der Waals surface area (Å²) in [5, 5.41) is 10.7. The molecule has 2 amide bonds. The van der Waals surface area contributed by atoms with Crippen molar-refractivity contribution in [3.63, 3.8) is 0 Å². The van der Waals surface area contributed by atoms with Gasteiger partial charge in [-0.1, -0.05) is 0 Å². The first-order valence-electron chi connectivity index (χ1n) is 6.34. The Morgan fingerprint density at radius 1 is 1.00 bits per heavy atom. The largest absolute Gasteiger partial charge is 0.497 e. The van der Waals surface area contributed by atoms with Crippen molar-refractivity contribution >= 4 is 23.2 Å². The Morgan fingerprint density at radius 3 is 2.23 bits per heavy atom. The molecule has 2 aromatic rings. The van der Waals surface area contributed by atoms with Crippen LogP contribution in [0.25, 0.3) is 0 Å². The average Bonchev–Trinajstić information content (AvgIpc) is 2.78. The Hall–Kier alpha value is -3.22. The molecule has 1 aliphatic rings. The van der Waals surface area contributed by atoms with Gasteiger partial charge in [0.1, 0.15) is 5.75 Å². The van der Waals surface area contributed by atoms with Crippen LogP contribution in [-0.4, -0.2) is 23.8 Å². The number of ether oxygens (including phenoxy) is 1. The summed E-state index contributed by atoms with van der Waals surface area (Å²) in [5.74, 6) is -0.463. The van der Waals surface area contributed by atoms with E-state index >= 15 is 0 Å². The Balaban J connectivity index is 2.01. The fourth-order valence-corrected chi connectivity index (χ4v) is 2.30. The van der Waals surface area contributed by atoms with E-state index in [-0.39, 0.29) is 22.5 Å². The number of carbonyl (C=O) groups is 2. The highest BCUT2D eigenvalue weighted by Crippen LogP contribution is 2.31. The van der Waals surface area contributed by atoms with E-state index in [0.29, 0.717) is 5.75 Å². The van der Waals surface area contributed by atoms with Crippen LogP contribution in [0.15, 0.2) is 42.5 Å². The summed E-state index contributed by atoms with van der Waals surface area (Å²) in [5.41, 5.74) is 0.713. The average molecular weight is 298 g/mol. The summed E-state index contributed by atoms with van der Waals surface area (Å²) in [4.78, 5) is 35.9. The molecule has 1 heterocycles. The molecule has 0 fully saturated rings. The number of rotatable bonds is 3. The molecule has 2 aromatic carbocycles. The van der Waals surface area contributed by atoms with Crippen LogP contribution in [0.2, 0.25) is 0 Å². The molecule has 0 bridgehead atoms. The van der Waals surface area contributed by atoms with Crippen LogP contribution < -0.4 is 9.64 Å². The lowest BCUT2D eigenvalue weighted by atomic mass is 10.1. The van der Waals surface area contributed by atoms with Crippen molar-refractivity contribution in [2.45, 2.75) is 0 Å². The van der Waals surface area contributed by atoms with Crippen molar-refractivity contribution < 1.29 is 19.2 Å². The highest BCUT2D eigenvalue weighted by molar-refractivity contribution is 6.34. The topological polar surface area (TPSA) is 89.8 Å². The number of non-ortho nitro benzene ring substituents is 1. The molecule has 22 heavy (non-hydrogen) atoms. The van der Waals surface area contributed by atoms with E-state index in [4.69, 9.17) is 4.74 Å². The van der Waals surface area contributed by atoms with Gasteiger partial charge < -0.3 is 4.74 Å². The first-order valence-corrected chi connectivity index (χ1v) is 6.34. The third kappa shape index (κ3) is 1.99. The van der Waals surface area contributed by atoms with Crippen LogP contribution >= 0.6 is 0 Å². The van der Waals surface area contributed by atoms with Crippen molar-refractivity contribution in [3.05, 3.63) is 63.7 Å². The number of amides is 2. The molecular formula is C15H10N2O5. The van der Waals surface area contributed by atoms with Gasteiger partial charge in [-0.15, -0.1) is 0 Å². The van der Waals surface area contributed by atoms with Crippen LogP contribution in [0, 0.1) is 10.1 Å². The van der Waals surface area contributed by atoms with Crippen LogP contribution in [0.3, 0.4) is 0 Å². The maximum atomic E-state index is 12.4. The molecule has 7 nitrogen and oxygen atoms in total. The van der Waals surface area contributed by atoms with Crippen LogP contribution in [0.4, 0.5) is 11.4 Å². The second-order valence-electron chi connectivity index (χ2n) is 4.63. The number of anilines is 1.